The first-order valence-corrected chi connectivity index (χ1v) is 11.0. The van der Waals surface area contributed by atoms with Crippen molar-refractivity contribution in [3.8, 4) is 0 Å². The summed E-state index contributed by atoms with van der Waals surface area (Å²) in [5.41, 5.74) is -0.796. The van der Waals surface area contributed by atoms with Crippen LogP contribution in [-0.4, -0.2) is 26.1 Å². The summed E-state index contributed by atoms with van der Waals surface area (Å²) >= 11 is -1.64. The Morgan fingerprint density at radius 1 is 1.28 bits per heavy atom. The molecule has 0 N–H and O–H groups in total. The third kappa shape index (κ3) is 4.95. The van der Waals surface area contributed by atoms with Gasteiger partial charge in [-0.05, 0) is 36.2 Å². The number of benzene rings is 1. The molecule has 3 atom stereocenters. The SMILES string of the molecule is CCCCc1nnc(C2CC(CC)([S+]([O-])c3cccc(C(F)(F)F)c3)CCO2)o1. The van der Waals surface area contributed by atoms with Gasteiger partial charge in [0.1, 0.15) is 10.9 Å². The molecule has 160 valence electrons. The van der Waals surface area contributed by atoms with E-state index in [-0.39, 0.29) is 4.90 Å². The molecule has 9 heteroatoms. The molecular weight excluding hydrogens is 405 g/mol. The summed E-state index contributed by atoms with van der Waals surface area (Å²) in [6.07, 6.45) is -0.991. The van der Waals surface area contributed by atoms with Gasteiger partial charge in [0.25, 0.3) is 0 Å². The zero-order valence-electron chi connectivity index (χ0n) is 16.5. The van der Waals surface area contributed by atoms with Gasteiger partial charge in [0.05, 0.1) is 12.2 Å². The molecule has 2 heterocycles. The summed E-state index contributed by atoms with van der Waals surface area (Å²) in [7, 11) is 0. The van der Waals surface area contributed by atoms with Gasteiger partial charge in [-0.3, -0.25) is 0 Å². The maximum atomic E-state index is 13.4. The Morgan fingerprint density at radius 2 is 2.07 bits per heavy atom. The second kappa shape index (κ2) is 9.06. The average Bonchev–Trinajstić information content (AvgIpc) is 3.20. The molecule has 0 spiro atoms. The van der Waals surface area contributed by atoms with E-state index in [2.05, 4.69) is 17.1 Å². The third-order valence-electron chi connectivity index (χ3n) is 5.35. The monoisotopic (exact) mass is 430 g/mol. The minimum atomic E-state index is -4.48. The van der Waals surface area contributed by atoms with Crippen molar-refractivity contribution < 1.29 is 26.9 Å². The number of rotatable bonds is 7. The number of nitrogens with zero attached hydrogens (tertiary/aromatic N) is 2. The lowest BCUT2D eigenvalue weighted by molar-refractivity contribution is -0.137. The van der Waals surface area contributed by atoms with Crippen molar-refractivity contribution >= 4 is 11.2 Å². The molecule has 1 fully saturated rings. The Balaban J connectivity index is 1.82. The summed E-state index contributed by atoms with van der Waals surface area (Å²) in [6, 6.07) is 4.76. The summed E-state index contributed by atoms with van der Waals surface area (Å²) in [5, 5.41) is 8.13. The Kier molecular flexibility index (Phi) is 6.90. The van der Waals surface area contributed by atoms with Crippen LogP contribution < -0.4 is 0 Å². The molecule has 0 radical (unpaired) electrons. The molecule has 2 aromatic rings. The second-order valence-electron chi connectivity index (χ2n) is 7.28. The Bertz CT molecular complexity index is 814. The molecule has 1 aliphatic rings. The van der Waals surface area contributed by atoms with Crippen LogP contribution in [0.3, 0.4) is 0 Å². The lowest BCUT2D eigenvalue weighted by atomic mass is 9.92. The average molecular weight is 430 g/mol. The van der Waals surface area contributed by atoms with Crippen molar-refractivity contribution in [3.05, 3.63) is 41.6 Å². The zero-order chi connectivity index (χ0) is 21.1. The Labute approximate surface area is 171 Å². The van der Waals surface area contributed by atoms with Gasteiger partial charge in [0.2, 0.25) is 11.8 Å². The molecule has 29 heavy (non-hydrogen) atoms. The maximum absolute atomic E-state index is 13.4. The van der Waals surface area contributed by atoms with Crippen LogP contribution in [0.25, 0.3) is 0 Å². The number of halogens is 3. The lowest BCUT2D eigenvalue weighted by Gasteiger charge is -2.39. The van der Waals surface area contributed by atoms with Crippen molar-refractivity contribution in [2.24, 2.45) is 0 Å². The first-order chi connectivity index (χ1) is 13.8. The number of aromatic nitrogens is 2. The normalized spacial score (nSPS) is 23.9. The fourth-order valence-electron chi connectivity index (χ4n) is 3.53. The predicted molar refractivity (Wildman–Crippen MR) is 102 cm³/mol. The smallest absolute Gasteiger partial charge is 0.416 e. The van der Waals surface area contributed by atoms with E-state index in [1.807, 2.05) is 6.92 Å². The maximum Gasteiger partial charge on any atom is 0.416 e. The van der Waals surface area contributed by atoms with E-state index >= 15 is 0 Å². The fraction of sp³-hybridized carbons (Fsp3) is 0.600. The van der Waals surface area contributed by atoms with Gasteiger partial charge in [0.15, 0.2) is 4.90 Å². The van der Waals surface area contributed by atoms with Crippen molar-refractivity contribution in [2.75, 3.05) is 6.61 Å². The van der Waals surface area contributed by atoms with Gasteiger partial charge < -0.3 is 13.7 Å². The van der Waals surface area contributed by atoms with Crippen LogP contribution in [-0.2, 0) is 28.5 Å². The quantitative estimate of drug-likeness (QED) is 0.562. The van der Waals surface area contributed by atoms with Crippen molar-refractivity contribution in [1.82, 2.24) is 10.2 Å². The number of ether oxygens (including phenoxy) is 1. The van der Waals surface area contributed by atoms with Crippen LogP contribution in [0.5, 0.6) is 0 Å². The third-order valence-corrected chi connectivity index (χ3v) is 7.48. The van der Waals surface area contributed by atoms with Crippen LogP contribution in [0.15, 0.2) is 33.6 Å². The van der Waals surface area contributed by atoms with E-state index in [4.69, 9.17) is 9.15 Å². The van der Waals surface area contributed by atoms with E-state index in [0.717, 1.165) is 25.0 Å². The number of hydrogen-bond donors (Lipinski definition) is 0. The van der Waals surface area contributed by atoms with Crippen LogP contribution in [0.4, 0.5) is 13.2 Å². The van der Waals surface area contributed by atoms with E-state index in [9.17, 15) is 17.7 Å². The Morgan fingerprint density at radius 3 is 2.76 bits per heavy atom. The molecule has 5 nitrogen and oxygen atoms in total. The van der Waals surface area contributed by atoms with Crippen LogP contribution >= 0.6 is 0 Å². The molecule has 3 rings (SSSR count). The van der Waals surface area contributed by atoms with Crippen molar-refractivity contribution in [3.63, 3.8) is 0 Å². The highest BCUT2D eigenvalue weighted by atomic mass is 32.2. The highest BCUT2D eigenvalue weighted by molar-refractivity contribution is 7.92. The molecule has 0 amide bonds. The largest absolute Gasteiger partial charge is 0.611 e. The van der Waals surface area contributed by atoms with Gasteiger partial charge in [-0.1, -0.05) is 26.3 Å². The number of unbranched alkanes of at least 4 members (excludes halogenated alkanes) is 1. The zero-order valence-corrected chi connectivity index (χ0v) is 17.3. The van der Waals surface area contributed by atoms with E-state index in [1.165, 1.54) is 12.1 Å². The Hall–Kier alpha value is -1.58. The van der Waals surface area contributed by atoms with E-state index in [1.54, 1.807) is 0 Å². The van der Waals surface area contributed by atoms with Gasteiger partial charge in [-0.25, -0.2) is 0 Å². The molecule has 0 bridgehead atoms. The predicted octanol–water partition coefficient (Wildman–Crippen LogP) is 5.24. The van der Waals surface area contributed by atoms with Gasteiger partial charge in [-0.15, -0.1) is 10.2 Å². The summed E-state index contributed by atoms with van der Waals surface area (Å²) in [4.78, 5) is 0.177. The summed E-state index contributed by atoms with van der Waals surface area (Å²) in [6.45, 7) is 4.30. The molecule has 1 saturated heterocycles. The molecule has 3 unspecified atom stereocenters. The first-order valence-electron chi connectivity index (χ1n) is 9.82. The first kappa shape index (κ1) is 22.1. The minimum absolute atomic E-state index is 0.177. The van der Waals surface area contributed by atoms with Gasteiger partial charge in [-0.2, -0.15) is 13.2 Å². The fourth-order valence-corrected chi connectivity index (χ4v) is 5.30. The van der Waals surface area contributed by atoms with Crippen molar-refractivity contribution in [1.29, 1.82) is 0 Å². The highest BCUT2D eigenvalue weighted by Gasteiger charge is 2.48. The van der Waals surface area contributed by atoms with Gasteiger partial charge in [0, 0.05) is 25.3 Å². The number of hydrogen-bond acceptors (Lipinski definition) is 5. The van der Waals surface area contributed by atoms with Crippen molar-refractivity contribution in [2.45, 2.75) is 74.3 Å². The van der Waals surface area contributed by atoms with E-state index in [0.29, 0.717) is 44.1 Å². The molecule has 0 saturated carbocycles. The lowest BCUT2D eigenvalue weighted by Crippen LogP contribution is -2.44. The minimum Gasteiger partial charge on any atom is -0.611 e. The number of aryl methyl sites for hydroxylation is 1. The summed E-state index contributed by atoms with van der Waals surface area (Å²) < 4.78 is 63.4. The standard InChI is InChI=1S/C20H25F3N2O3S/c1-3-5-9-17-24-25-18(28-17)16-13-19(4-2,10-11-27-16)29(26)15-8-6-7-14(12-15)20(21,22)23/h6-8,12,16H,3-5,9-11,13H2,1-2H3. The highest BCUT2D eigenvalue weighted by Crippen LogP contribution is 2.44. The van der Waals surface area contributed by atoms with Crippen LogP contribution in [0, 0.1) is 0 Å². The number of alkyl halides is 3. The molecule has 1 aromatic carbocycles. The molecule has 0 aliphatic carbocycles. The van der Waals surface area contributed by atoms with Crippen LogP contribution in [0.1, 0.15) is 69.4 Å². The summed E-state index contributed by atoms with van der Waals surface area (Å²) in [5.74, 6) is 0.881. The molecule has 1 aromatic heterocycles. The second-order valence-corrected chi connectivity index (χ2v) is 9.16. The molecular formula is C20H25F3N2O3S. The van der Waals surface area contributed by atoms with Gasteiger partial charge >= 0.3 is 6.18 Å². The topological polar surface area (TPSA) is 71.2 Å². The van der Waals surface area contributed by atoms with E-state index < -0.39 is 33.8 Å². The molecule has 1 aliphatic heterocycles. The van der Waals surface area contributed by atoms with Crippen LogP contribution in [0.2, 0.25) is 0 Å².